The first-order valence-electron chi connectivity index (χ1n) is 5.73. The maximum Gasteiger partial charge on any atom is 0.275 e. The molecule has 0 spiro atoms. The number of hydrogen-bond donors (Lipinski definition) is 2. The number of carbonyl (C=O) groups excluding carboxylic acids is 1. The van der Waals surface area contributed by atoms with Gasteiger partial charge < -0.3 is 15.0 Å². The third kappa shape index (κ3) is 3.42. The van der Waals surface area contributed by atoms with Crippen LogP contribution in [0.3, 0.4) is 0 Å². The van der Waals surface area contributed by atoms with Crippen LogP contribution < -0.4 is 15.0 Å². The maximum atomic E-state index is 13.2. The van der Waals surface area contributed by atoms with Gasteiger partial charge in [0, 0.05) is 0 Å². The molecule has 2 rings (SSSR count). The van der Waals surface area contributed by atoms with E-state index in [0.29, 0.717) is 26.2 Å². The number of amides is 1. The van der Waals surface area contributed by atoms with E-state index in [1.165, 1.54) is 11.0 Å². The molecule has 1 saturated heterocycles. The van der Waals surface area contributed by atoms with E-state index in [1.54, 1.807) is 18.2 Å². The molecule has 1 aromatic carbocycles. The van der Waals surface area contributed by atoms with Gasteiger partial charge in [-0.15, -0.1) is 0 Å². The standard InChI is InChI=1S/C12H15FN2O2/c13-10-3-1-2-4-11(10)17-8-7-15-6-5-14-12(16)9-15/h1-4H,5-9H2,(H,14,16)/p+1. The molecule has 2 N–H and O–H groups in total. The lowest BCUT2D eigenvalue weighted by atomic mass is 10.3. The summed E-state index contributed by atoms with van der Waals surface area (Å²) in [5.74, 6) is -0.00982. The largest absolute Gasteiger partial charge is 0.485 e. The SMILES string of the molecule is O=C1C[NH+](CCOc2ccccc2F)CCN1. The Labute approximate surface area is 99.4 Å². The zero-order valence-electron chi connectivity index (χ0n) is 9.54. The van der Waals surface area contributed by atoms with E-state index >= 15 is 0 Å². The Morgan fingerprint density at radius 3 is 3.00 bits per heavy atom. The number of piperazine rings is 1. The maximum absolute atomic E-state index is 13.2. The number of hydrogen-bond acceptors (Lipinski definition) is 2. The molecule has 0 aliphatic carbocycles. The van der Waals surface area contributed by atoms with Crippen molar-refractivity contribution in [2.75, 3.05) is 32.8 Å². The third-order valence-electron chi connectivity index (χ3n) is 2.76. The number of rotatable bonds is 4. The smallest absolute Gasteiger partial charge is 0.275 e. The molecular weight excluding hydrogens is 223 g/mol. The predicted octanol–water partition coefficient (Wildman–Crippen LogP) is -0.781. The molecule has 0 aromatic heterocycles. The summed E-state index contributed by atoms with van der Waals surface area (Å²) in [7, 11) is 0. The lowest BCUT2D eigenvalue weighted by molar-refractivity contribution is -0.893. The van der Waals surface area contributed by atoms with Crippen molar-refractivity contribution in [2.45, 2.75) is 0 Å². The zero-order valence-corrected chi connectivity index (χ0v) is 9.54. The topological polar surface area (TPSA) is 42.8 Å². The highest BCUT2D eigenvalue weighted by molar-refractivity contribution is 5.77. The first-order valence-corrected chi connectivity index (χ1v) is 5.73. The van der Waals surface area contributed by atoms with Crippen LogP contribution in [0.4, 0.5) is 4.39 Å². The van der Waals surface area contributed by atoms with Gasteiger partial charge in [0.1, 0.15) is 13.2 Å². The zero-order chi connectivity index (χ0) is 12.1. The van der Waals surface area contributed by atoms with Crippen LogP contribution in [-0.4, -0.2) is 38.7 Å². The van der Waals surface area contributed by atoms with E-state index in [1.807, 2.05) is 0 Å². The van der Waals surface area contributed by atoms with E-state index in [2.05, 4.69) is 5.32 Å². The summed E-state index contributed by atoms with van der Waals surface area (Å²) in [5, 5.41) is 2.77. The summed E-state index contributed by atoms with van der Waals surface area (Å²) in [5.41, 5.74) is 0. The fraction of sp³-hybridized carbons (Fsp3) is 0.417. The normalized spacial score (nSPS) is 19.8. The highest BCUT2D eigenvalue weighted by atomic mass is 19.1. The van der Waals surface area contributed by atoms with Crippen molar-refractivity contribution in [1.82, 2.24) is 5.32 Å². The molecule has 1 aliphatic heterocycles. The summed E-state index contributed by atoms with van der Waals surface area (Å²) in [6.45, 7) is 3.20. The van der Waals surface area contributed by atoms with E-state index in [0.717, 1.165) is 6.54 Å². The van der Waals surface area contributed by atoms with E-state index in [9.17, 15) is 9.18 Å². The average Bonchev–Trinajstić information content (AvgIpc) is 2.32. The Morgan fingerprint density at radius 1 is 1.41 bits per heavy atom. The van der Waals surface area contributed by atoms with Gasteiger partial charge in [-0.3, -0.25) is 4.79 Å². The van der Waals surface area contributed by atoms with Gasteiger partial charge in [0.2, 0.25) is 0 Å². The molecule has 92 valence electrons. The van der Waals surface area contributed by atoms with Gasteiger partial charge >= 0.3 is 0 Å². The number of halogens is 1. The van der Waals surface area contributed by atoms with Crippen LogP contribution in [-0.2, 0) is 4.79 Å². The number of benzene rings is 1. The van der Waals surface area contributed by atoms with Crippen LogP contribution in [0, 0.1) is 5.82 Å². The van der Waals surface area contributed by atoms with Crippen molar-refractivity contribution in [3.05, 3.63) is 30.1 Å². The summed E-state index contributed by atoms with van der Waals surface area (Å²) in [6, 6.07) is 6.34. The Hall–Kier alpha value is -1.62. The van der Waals surface area contributed by atoms with Gasteiger partial charge in [-0.05, 0) is 12.1 Å². The van der Waals surface area contributed by atoms with Gasteiger partial charge in [0.15, 0.2) is 18.1 Å². The second-order valence-corrected chi connectivity index (χ2v) is 4.06. The van der Waals surface area contributed by atoms with Crippen molar-refractivity contribution >= 4 is 5.91 Å². The van der Waals surface area contributed by atoms with Crippen molar-refractivity contribution in [3.63, 3.8) is 0 Å². The number of ether oxygens (including phenoxy) is 1. The van der Waals surface area contributed by atoms with Crippen molar-refractivity contribution in [3.8, 4) is 5.75 Å². The number of carbonyl (C=O) groups is 1. The molecule has 1 unspecified atom stereocenters. The van der Waals surface area contributed by atoms with Gasteiger partial charge in [-0.25, -0.2) is 4.39 Å². The van der Waals surface area contributed by atoms with Gasteiger partial charge in [-0.1, -0.05) is 12.1 Å². The summed E-state index contributed by atoms with van der Waals surface area (Å²) < 4.78 is 18.6. The van der Waals surface area contributed by atoms with Crippen LogP contribution >= 0.6 is 0 Å². The Bertz CT molecular complexity index is 398. The number of nitrogens with one attached hydrogen (secondary N) is 2. The fourth-order valence-electron chi connectivity index (χ4n) is 1.84. The molecule has 0 saturated carbocycles. The molecule has 0 radical (unpaired) electrons. The Balaban J connectivity index is 1.76. The molecule has 0 bridgehead atoms. The van der Waals surface area contributed by atoms with Gasteiger partial charge in [-0.2, -0.15) is 0 Å². The van der Waals surface area contributed by atoms with Crippen LogP contribution in [0.2, 0.25) is 0 Å². The quantitative estimate of drug-likeness (QED) is 0.724. The van der Waals surface area contributed by atoms with E-state index in [4.69, 9.17) is 4.74 Å². The lowest BCUT2D eigenvalue weighted by Gasteiger charge is -2.23. The number of para-hydroxylation sites is 1. The molecule has 1 atom stereocenters. The predicted molar refractivity (Wildman–Crippen MR) is 60.5 cm³/mol. The average molecular weight is 239 g/mol. The third-order valence-corrected chi connectivity index (χ3v) is 2.76. The van der Waals surface area contributed by atoms with Crippen LogP contribution in [0.15, 0.2) is 24.3 Å². The minimum absolute atomic E-state index is 0.0668. The highest BCUT2D eigenvalue weighted by Crippen LogP contribution is 2.14. The molecule has 1 amide bonds. The molecule has 1 aliphatic rings. The van der Waals surface area contributed by atoms with E-state index in [-0.39, 0.29) is 17.5 Å². The molecule has 17 heavy (non-hydrogen) atoms. The monoisotopic (exact) mass is 239 g/mol. The first-order chi connectivity index (χ1) is 8.25. The second kappa shape index (κ2) is 5.63. The van der Waals surface area contributed by atoms with Gasteiger partial charge in [0.05, 0.1) is 13.1 Å². The molecule has 5 heteroatoms. The van der Waals surface area contributed by atoms with Crippen LogP contribution in [0.5, 0.6) is 5.75 Å². The fourth-order valence-corrected chi connectivity index (χ4v) is 1.84. The summed E-state index contributed by atoms with van der Waals surface area (Å²) >= 11 is 0. The molecule has 1 heterocycles. The highest BCUT2D eigenvalue weighted by Gasteiger charge is 2.19. The van der Waals surface area contributed by atoms with E-state index < -0.39 is 0 Å². The summed E-state index contributed by atoms with van der Waals surface area (Å²) in [4.78, 5) is 12.3. The minimum atomic E-state index is -0.348. The van der Waals surface area contributed by atoms with Crippen LogP contribution in [0.1, 0.15) is 0 Å². The first kappa shape index (κ1) is 11.9. The lowest BCUT2D eigenvalue weighted by Crippen LogP contribution is -3.15. The number of quaternary nitrogens is 1. The second-order valence-electron chi connectivity index (χ2n) is 4.06. The Kier molecular flexibility index (Phi) is 3.93. The van der Waals surface area contributed by atoms with Gasteiger partial charge in [0.25, 0.3) is 5.91 Å². The molecular formula is C12H16FN2O2+. The molecule has 1 fully saturated rings. The molecule has 1 aromatic rings. The molecule has 4 nitrogen and oxygen atoms in total. The minimum Gasteiger partial charge on any atom is -0.485 e. The van der Waals surface area contributed by atoms with Crippen molar-refractivity contribution < 1.29 is 18.8 Å². The van der Waals surface area contributed by atoms with Crippen molar-refractivity contribution in [2.24, 2.45) is 0 Å². The van der Waals surface area contributed by atoms with Crippen LogP contribution in [0.25, 0.3) is 0 Å². The summed E-state index contributed by atoms with van der Waals surface area (Å²) in [6.07, 6.45) is 0. The van der Waals surface area contributed by atoms with Crippen molar-refractivity contribution in [1.29, 1.82) is 0 Å². The Morgan fingerprint density at radius 2 is 2.24 bits per heavy atom.